The zero-order valence-electron chi connectivity index (χ0n) is 17.3. The van der Waals surface area contributed by atoms with E-state index >= 15 is 0 Å². The molecule has 31 heavy (non-hydrogen) atoms. The molecule has 0 fully saturated rings. The average molecular weight is 468 g/mol. The molecule has 1 aliphatic heterocycles. The van der Waals surface area contributed by atoms with E-state index in [0.29, 0.717) is 24.6 Å². The van der Waals surface area contributed by atoms with Crippen LogP contribution in [0.3, 0.4) is 0 Å². The van der Waals surface area contributed by atoms with Gasteiger partial charge in [-0.3, -0.25) is 14.4 Å². The largest absolute Gasteiger partial charge is 0.497 e. The third-order valence-corrected chi connectivity index (χ3v) is 7.50. The number of amidine groups is 1. The van der Waals surface area contributed by atoms with Crippen molar-refractivity contribution in [1.29, 1.82) is 0 Å². The number of aliphatic imine (C=N–C) groups is 1. The fourth-order valence-corrected chi connectivity index (χ4v) is 5.41. The van der Waals surface area contributed by atoms with Gasteiger partial charge in [0.25, 0.3) is 20.0 Å². The van der Waals surface area contributed by atoms with Gasteiger partial charge in [0.2, 0.25) is 0 Å². The molecule has 11 heteroatoms. The third-order valence-electron chi connectivity index (χ3n) is 4.70. The standard InChI is InChI=1S/C20H25N3O6S2/c1-28-16-9-12-18(29-2)19(14-16)31(26,27)22-15-7-10-17(11-8-15)30(24,25)23-20-6-4-3-5-13-21-20/h7-12,14,22H,3-6,13H2,1-2H3,(H,21,23). The van der Waals surface area contributed by atoms with Crippen molar-refractivity contribution in [3.8, 4) is 11.5 Å². The second kappa shape index (κ2) is 9.56. The maximum atomic E-state index is 12.8. The zero-order valence-corrected chi connectivity index (χ0v) is 18.9. The molecule has 2 N–H and O–H groups in total. The van der Waals surface area contributed by atoms with E-state index in [2.05, 4.69) is 14.4 Å². The lowest BCUT2D eigenvalue weighted by molar-refractivity contribution is 0.392. The summed E-state index contributed by atoms with van der Waals surface area (Å²) in [6.45, 7) is 0.603. The second-order valence-electron chi connectivity index (χ2n) is 6.89. The van der Waals surface area contributed by atoms with Crippen LogP contribution in [0.4, 0.5) is 5.69 Å². The molecule has 0 unspecified atom stereocenters. The number of nitrogens with zero attached hydrogens (tertiary/aromatic N) is 1. The molecule has 0 amide bonds. The van der Waals surface area contributed by atoms with Gasteiger partial charge in [-0.25, -0.2) is 16.8 Å². The first-order valence-electron chi connectivity index (χ1n) is 9.66. The minimum atomic E-state index is -4.00. The quantitative estimate of drug-likeness (QED) is 0.645. The molecule has 0 spiro atoms. The Morgan fingerprint density at radius 2 is 1.58 bits per heavy atom. The van der Waals surface area contributed by atoms with Gasteiger partial charge >= 0.3 is 0 Å². The maximum absolute atomic E-state index is 12.8. The summed E-state index contributed by atoms with van der Waals surface area (Å²) < 4.78 is 66.1. The Morgan fingerprint density at radius 1 is 0.839 bits per heavy atom. The fraction of sp³-hybridized carbons (Fsp3) is 0.350. The van der Waals surface area contributed by atoms with E-state index in [1.807, 2.05) is 0 Å². The lowest BCUT2D eigenvalue weighted by atomic mass is 10.2. The highest BCUT2D eigenvalue weighted by atomic mass is 32.2. The first kappa shape index (κ1) is 22.9. The zero-order chi connectivity index (χ0) is 22.5. The van der Waals surface area contributed by atoms with Crippen LogP contribution in [0.25, 0.3) is 0 Å². The lowest BCUT2D eigenvalue weighted by Crippen LogP contribution is -2.30. The first-order chi connectivity index (χ1) is 14.7. The van der Waals surface area contributed by atoms with Crippen molar-refractivity contribution in [2.24, 2.45) is 4.99 Å². The third kappa shape index (κ3) is 5.67. The fourth-order valence-electron chi connectivity index (χ4n) is 3.08. The van der Waals surface area contributed by atoms with E-state index in [0.717, 1.165) is 19.3 Å². The minimum absolute atomic E-state index is 0.0151. The summed E-state index contributed by atoms with van der Waals surface area (Å²) >= 11 is 0. The summed E-state index contributed by atoms with van der Waals surface area (Å²) in [5, 5.41) is 0. The highest BCUT2D eigenvalue weighted by Gasteiger charge is 2.22. The Morgan fingerprint density at radius 3 is 2.26 bits per heavy atom. The molecule has 0 atom stereocenters. The number of ether oxygens (including phenoxy) is 2. The summed E-state index contributed by atoms with van der Waals surface area (Å²) in [6, 6.07) is 9.85. The molecule has 1 aliphatic rings. The summed E-state index contributed by atoms with van der Waals surface area (Å²) in [5.74, 6) is 0.961. The van der Waals surface area contributed by atoms with Crippen LogP contribution in [0.15, 0.2) is 57.2 Å². The van der Waals surface area contributed by atoms with Gasteiger partial charge in [0, 0.05) is 24.7 Å². The SMILES string of the molecule is COc1ccc(OC)c(S(=O)(=O)Nc2ccc(S(=O)(=O)NC3=NCCCCC3)cc2)c1. The van der Waals surface area contributed by atoms with Crippen molar-refractivity contribution in [3.63, 3.8) is 0 Å². The molecule has 2 aromatic carbocycles. The van der Waals surface area contributed by atoms with Gasteiger partial charge in [-0.1, -0.05) is 6.42 Å². The van der Waals surface area contributed by atoms with Crippen LogP contribution in [0.5, 0.6) is 11.5 Å². The maximum Gasteiger partial charge on any atom is 0.265 e. The summed E-state index contributed by atoms with van der Waals surface area (Å²) in [7, 11) is -5.01. The Labute approximate surface area is 182 Å². The molecule has 0 saturated carbocycles. The number of nitrogens with one attached hydrogen (secondary N) is 2. The van der Waals surface area contributed by atoms with Crippen molar-refractivity contribution >= 4 is 31.6 Å². The van der Waals surface area contributed by atoms with Crippen molar-refractivity contribution in [2.75, 3.05) is 25.5 Å². The molecule has 1 heterocycles. The highest BCUT2D eigenvalue weighted by Crippen LogP contribution is 2.30. The Hall–Kier alpha value is -2.79. The highest BCUT2D eigenvalue weighted by molar-refractivity contribution is 7.92. The molecule has 0 radical (unpaired) electrons. The van der Waals surface area contributed by atoms with Crippen LogP contribution in [0, 0.1) is 0 Å². The molecule has 0 saturated heterocycles. The summed E-state index contributed by atoms with van der Waals surface area (Å²) in [6.07, 6.45) is 3.43. The second-order valence-corrected chi connectivity index (χ2v) is 10.2. The van der Waals surface area contributed by atoms with Gasteiger partial charge in [-0.2, -0.15) is 0 Å². The van der Waals surface area contributed by atoms with Gasteiger partial charge in [0.15, 0.2) is 0 Å². The normalized spacial score (nSPS) is 14.8. The molecule has 2 aromatic rings. The topological polar surface area (TPSA) is 123 Å². The van der Waals surface area contributed by atoms with Gasteiger partial charge < -0.3 is 9.47 Å². The van der Waals surface area contributed by atoms with Crippen molar-refractivity contribution in [2.45, 2.75) is 35.5 Å². The molecule has 168 valence electrons. The van der Waals surface area contributed by atoms with Crippen LogP contribution >= 0.6 is 0 Å². The van der Waals surface area contributed by atoms with E-state index in [-0.39, 0.29) is 21.2 Å². The predicted octanol–water partition coefficient (Wildman–Crippen LogP) is 2.76. The molecule has 0 aromatic heterocycles. The van der Waals surface area contributed by atoms with E-state index in [1.54, 1.807) is 6.07 Å². The molecule has 9 nitrogen and oxygen atoms in total. The number of hydrogen-bond donors (Lipinski definition) is 2. The number of rotatable bonds is 7. The van der Waals surface area contributed by atoms with Crippen molar-refractivity contribution < 1.29 is 26.3 Å². The van der Waals surface area contributed by atoms with E-state index in [9.17, 15) is 16.8 Å². The number of anilines is 1. The van der Waals surface area contributed by atoms with Crippen LogP contribution in [0.1, 0.15) is 25.7 Å². The van der Waals surface area contributed by atoms with Crippen LogP contribution in [-0.4, -0.2) is 43.4 Å². The number of hydrogen-bond acceptors (Lipinski definition) is 7. The van der Waals surface area contributed by atoms with Crippen molar-refractivity contribution in [3.05, 3.63) is 42.5 Å². The Kier molecular flexibility index (Phi) is 7.06. The smallest absolute Gasteiger partial charge is 0.265 e. The molecule has 3 rings (SSSR count). The van der Waals surface area contributed by atoms with Crippen LogP contribution in [0.2, 0.25) is 0 Å². The number of methoxy groups -OCH3 is 2. The molecular weight excluding hydrogens is 442 g/mol. The first-order valence-corrected chi connectivity index (χ1v) is 12.6. The molecular formula is C20H25N3O6S2. The van der Waals surface area contributed by atoms with Gasteiger partial charge in [0.05, 0.1) is 19.1 Å². The number of benzene rings is 2. The van der Waals surface area contributed by atoms with Gasteiger partial charge in [0.1, 0.15) is 22.2 Å². The minimum Gasteiger partial charge on any atom is -0.497 e. The van der Waals surface area contributed by atoms with E-state index < -0.39 is 20.0 Å². The average Bonchev–Trinajstić information content (AvgIpc) is 3.01. The number of sulfonamides is 2. The van der Waals surface area contributed by atoms with Gasteiger partial charge in [-0.05, 0) is 49.2 Å². The van der Waals surface area contributed by atoms with E-state index in [1.165, 1.54) is 50.6 Å². The van der Waals surface area contributed by atoms with Crippen LogP contribution in [-0.2, 0) is 20.0 Å². The summed E-state index contributed by atoms with van der Waals surface area (Å²) in [5.41, 5.74) is 0.204. The van der Waals surface area contributed by atoms with Crippen molar-refractivity contribution in [1.82, 2.24) is 4.72 Å². The predicted molar refractivity (Wildman–Crippen MR) is 118 cm³/mol. The Balaban J connectivity index is 1.79. The molecule has 0 aliphatic carbocycles. The Bertz CT molecular complexity index is 1160. The van der Waals surface area contributed by atoms with Gasteiger partial charge in [-0.15, -0.1) is 0 Å². The van der Waals surface area contributed by atoms with E-state index in [4.69, 9.17) is 9.47 Å². The van der Waals surface area contributed by atoms with Crippen LogP contribution < -0.4 is 18.9 Å². The summed E-state index contributed by atoms with van der Waals surface area (Å²) in [4.78, 5) is 4.19. The molecule has 0 bridgehead atoms. The lowest BCUT2D eigenvalue weighted by Gasteiger charge is -2.13. The monoisotopic (exact) mass is 467 g/mol.